The number of amides is 1. The predicted molar refractivity (Wildman–Crippen MR) is 73.6 cm³/mol. The van der Waals surface area contributed by atoms with Crippen LogP contribution >= 0.6 is 0 Å². The number of carbonyl (C=O) groups is 1. The van der Waals surface area contributed by atoms with Crippen LogP contribution in [0.1, 0.15) is 30.1 Å². The summed E-state index contributed by atoms with van der Waals surface area (Å²) in [4.78, 5) is 18.0. The van der Waals surface area contributed by atoms with Crippen LogP contribution in [-0.2, 0) is 0 Å². The van der Waals surface area contributed by atoms with Crippen LogP contribution in [0.5, 0.6) is 0 Å². The first-order valence-electron chi connectivity index (χ1n) is 6.42. The van der Waals surface area contributed by atoms with Crippen molar-refractivity contribution >= 4 is 16.8 Å². The van der Waals surface area contributed by atoms with E-state index in [1.54, 1.807) is 30.3 Å². The van der Waals surface area contributed by atoms with E-state index in [-0.39, 0.29) is 11.7 Å². The van der Waals surface area contributed by atoms with Gasteiger partial charge in [0.25, 0.3) is 5.91 Å². The highest BCUT2D eigenvalue weighted by atomic mass is 19.1. The second-order valence-electron chi connectivity index (χ2n) is 4.64. The lowest BCUT2D eigenvalue weighted by Gasteiger charge is -2.16. The highest BCUT2D eigenvalue weighted by Crippen LogP contribution is 2.16. The number of hydrogen-bond acceptors (Lipinski definition) is 2. The zero-order chi connectivity index (χ0) is 13.8. The molecule has 3 nitrogen and oxygen atoms in total. The maximum absolute atomic E-state index is 13.2. The monoisotopic (exact) mass is 260 g/mol. The fourth-order valence-corrected chi connectivity index (χ4v) is 1.94. The topological polar surface area (TPSA) is 33.2 Å². The smallest absolute Gasteiger partial charge is 0.255 e. The van der Waals surface area contributed by atoms with E-state index in [4.69, 9.17) is 0 Å². The molecule has 0 bridgehead atoms. The second-order valence-corrected chi connectivity index (χ2v) is 4.64. The van der Waals surface area contributed by atoms with Crippen molar-refractivity contribution in [3.05, 3.63) is 41.8 Å². The van der Waals surface area contributed by atoms with Crippen molar-refractivity contribution in [3.63, 3.8) is 0 Å². The molecule has 0 aliphatic heterocycles. The summed E-state index contributed by atoms with van der Waals surface area (Å²) >= 11 is 0. The van der Waals surface area contributed by atoms with Gasteiger partial charge in [-0.1, -0.05) is 13.3 Å². The first kappa shape index (κ1) is 13.5. The van der Waals surface area contributed by atoms with E-state index in [9.17, 15) is 9.18 Å². The Kier molecular flexibility index (Phi) is 4.10. The van der Waals surface area contributed by atoms with Gasteiger partial charge < -0.3 is 4.90 Å². The number of hydrogen-bond donors (Lipinski definition) is 0. The number of unbranched alkanes of at least 4 members (excludes halogenated alkanes) is 1. The lowest BCUT2D eigenvalue weighted by atomic mass is 10.1. The molecule has 0 aliphatic carbocycles. The van der Waals surface area contributed by atoms with Gasteiger partial charge in [0.05, 0.1) is 11.1 Å². The maximum atomic E-state index is 13.2. The van der Waals surface area contributed by atoms with Crippen molar-refractivity contribution in [2.45, 2.75) is 19.8 Å². The number of pyridine rings is 1. The minimum Gasteiger partial charge on any atom is -0.342 e. The molecule has 0 saturated heterocycles. The van der Waals surface area contributed by atoms with Crippen molar-refractivity contribution in [2.75, 3.05) is 13.6 Å². The van der Waals surface area contributed by atoms with Gasteiger partial charge in [0.1, 0.15) is 5.82 Å². The molecule has 0 fully saturated rings. The summed E-state index contributed by atoms with van der Waals surface area (Å²) in [5.41, 5.74) is 1.19. The molecular weight excluding hydrogens is 243 g/mol. The van der Waals surface area contributed by atoms with Crippen molar-refractivity contribution in [2.24, 2.45) is 0 Å². The van der Waals surface area contributed by atoms with Crippen molar-refractivity contribution in [1.29, 1.82) is 0 Å². The molecule has 0 spiro atoms. The molecule has 0 aliphatic rings. The number of halogens is 1. The third kappa shape index (κ3) is 3.08. The Morgan fingerprint density at radius 1 is 1.37 bits per heavy atom. The Morgan fingerprint density at radius 2 is 2.16 bits per heavy atom. The summed E-state index contributed by atoms with van der Waals surface area (Å²) in [5, 5.41) is 0.648. The normalized spacial score (nSPS) is 10.7. The Labute approximate surface area is 112 Å². The number of fused-ring (bicyclic) bond motifs is 1. The van der Waals surface area contributed by atoms with Gasteiger partial charge in [0.15, 0.2) is 0 Å². The van der Waals surface area contributed by atoms with Crippen molar-refractivity contribution < 1.29 is 9.18 Å². The molecule has 1 heterocycles. The van der Waals surface area contributed by atoms with Crippen LogP contribution in [-0.4, -0.2) is 29.4 Å². The lowest BCUT2D eigenvalue weighted by molar-refractivity contribution is 0.0793. The molecular formula is C15H17FN2O. The lowest BCUT2D eigenvalue weighted by Crippen LogP contribution is -2.27. The van der Waals surface area contributed by atoms with Crippen LogP contribution in [0.15, 0.2) is 30.5 Å². The summed E-state index contributed by atoms with van der Waals surface area (Å²) < 4.78 is 13.2. The molecule has 4 heteroatoms. The minimum absolute atomic E-state index is 0.0767. The highest BCUT2D eigenvalue weighted by molar-refractivity contribution is 5.97. The van der Waals surface area contributed by atoms with Gasteiger partial charge in [-0.25, -0.2) is 4.39 Å². The molecule has 1 amide bonds. The Morgan fingerprint density at radius 3 is 2.89 bits per heavy atom. The van der Waals surface area contributed by atoms with Crippen LogP contribution in [0.2, 0.25) is 0 Å². The van der Waals surface area contributed by atoms with Gasteiger partial charge >= 0.3 is 0 Å². The van der Waals surface area contributed by atoms with Gasteiger partial charge in [0.2, 0.25) is 0 Å². The first-order chi connectivity index (χ1) is 9.11. The summed E-state index contributed by atoms with van der Waals surface area (Å²) in [6.45, 7) is 2.80. The summed E-state index contributed by atoms with van der Waals surface area (Å²) in [5.74, 6) is -0.398. The fraction of sp³-hybridized carbons (Fsp3) is 0.333. The number of rotatable bonds is 4. The number of aromatic nitrogens is 1. The molecule has 100 valence electrons. The number of benzene rings is 1. The molecule has 0 unspecified atom stereocenters. The molecule has 2 aromatic rings. The van der Waals surface area contributed by atoms with E-state index in [1.807, 2.05) is 0 Å². The fourth-order valence-electron chi connectivity index (χ4n) is 1.94. The van der Waals surface area contributed by atoms with Gasteiger partial charge in [-0.15, -0.1) is 0 Å². The van der Waals surface area contributed by atoms with E-state index in [1.165, 1.54) is 12.1 Å². The average molecular weight is 260 g/mol. The van der Waals surface area contributed by atoms with E-state index in [0.29, 0.717) is 16.5 Å². The van der Waals surface area contributed by atoms with Gasteiger partial charge in [0, 0.05) is 25.2 Å². The average Bonchev–Trinajstić information content (AvgIpc) is 2.43. The van der Waals surface area contributed by atoms with Crippen molar-refractivity contribution in [1.82, 2.24) is 9.88 Å². The van der Waals surface area contributed by atoms with Gasteiger partial charge in [-0.05, 0) is 30.7 Å². The van der Waals surface area contributed by atoms with Crippen LogP contribution in [0, 0.1) is 5.82 Å². The molecule has 0 saturated carbocycles. The van der Waals surface area contributed by atoms with E-state index in [2.05, 4.69) is 11.9 Å². The molecule has 19 heavy (non-hydrogen) atoms. The number of nitrogens with zero attached hydrogens (tertiary/aromatic N) is 2. The maximum Gasteiger partial charge on any atom is 0.255 e. The van der Waals surface area contributed by atoms with Crippen LogP contribution < -0.4 is 0 Å². The molecule has 1 aromatic heterocycles. The summed E-state index contributed by atoms with van der Waals surface area (Å²) in [6.07, 6.45) is 3.56. The predicted octanol–water partition coefficient (Wildman–Crippen LogP) is 3.25. The standard InChI is InChI=1S/C15H17FN2O/c1-3-4-7-18(2)15(19)12-8-11-9-13(16)5-6-14(11)17-10-12/h5-6,8-10H,3-4,7H2,1-2H3. The largest absolute Gasteiger partial charge is 0.342 e. The van der Waals surface area contributed by atoms with Crippen LogP contribution in [0.3, 0.4) is 0 Å². The highest BCUT2D eigenvalue weighted by Gasteiger charge is 2.12. The van der Waals surface area contributed by atoms with E-state index in [0.717, 1.165) is 19.4 Å². The number of carbonyl (C=O) groups excluding carboxylic acids is 1. The molecule has 1 aromatic carbocycles. The Bertz CT molecular complexity index is 598. The van der Waals surface area contributed by atoms with E-state index >= 15 is 0 Å². The van der Waals surface area contributed by atoms with Crippen molar-refractivity contribution in [3.8, 4) is 0 Å². The molecule has 0 atom stereocenters. The van der Waals surface area contributed by atoms with Gasteiger partial charge in [-0.3, -0.25) is 9.78 Å². The zero-order valence-electron chi connectivity index (χ0n) is 11.2. The summed E-state index contributed by atoms with van der Waals surface area (Å²) in [7, 11) is 1.77. The molecule has 2 rings (SSSR count). The quantitative estimate of drug-likeness (QED) is 0.845. The molecule has 0 radical (unpaired) electrons. The Balaban J connectivity index is 2.27. The minimum atomic E-state index is -0.321. The Hall–Kier alpha value is -1.97. The third-order valence-electron chi connectivity index (χ3n) is 3.08. The second kappa shape index (κ2) is 5.78. The third-order valence-corrected chi connectivity index (χ3v) is 3.08. The van der Waals surface area contributed by atoms with Crippen LogP contribution in [0.25, 0.3) is 10.9 Å². The SMILES string of the molecule is CCCCN(C)C(=O)c1cnc2ccc(F)cc2c1. The van der Waals surface area contributed by atoms with Gasteiger partial charge in [-0.2, -0.15) is 0 Å². The zero-order valence-corrected chi connectivity index (χ0v) is 11.2. The first-order valence-corrected chi connectivity index (χ1v) is 6.42. The molecule has 0 N–H and O–H groups in total. The van der Waals surface area contributed by atoms with Crippen LogP contribution in [0.4, 0.5) is 4.39 Å². The van der Waals surface area contributed by atoms with E-state index < -0.39 is 0 Å². The summed E-state index contributed by atoms with van der Waals surface area (Å²) in [6, 6.07) is 6.06.